The van der Waals surface area contributed by atoms with Gasteiger partial charge in [-0.15, -0.1) is 0 Å². The molecule has 0 amide bonds. The number of quaternary nitrogens is 1. The summed E-state index contributed by atoms with van der Waals surface area (Å²) < 4.78 is 1.49. The summed E-state index contributed by atoms with van der Waals surface area (Å²) >= 11 is 0. The van der Waals surface area contributed by atoms with Crippen molar-refractivity contribution in [1.82, 2.24) is 0 Å². The predicted octanol–water partition coefficient (Wildman–Crippen LogP) is 1.64. The Kier molecular flexibility index (Phi) is 1.48. The summed E-state index contributed by atoms with van der Waals surface area (Å²) in [6.07, 6.45) is 4.47. The molecule has 0 bridgehead atoms. The highest BCUT2D eigenvalue weighted by atomic mass is 15.4. The quantitative estimate of drug-likeness (QED) is 0.449. The third-order valence-electron chi connectivity index (χ3n) is 3.46. The van der Waals surface area contributed by atoms with Crippen molar-refractivity contribution in [3.63, 3.8) is 0 Å². The molecule has 0 unspecified atom stereocenters. The first-order chi connectivity index (χ1) is 4.81. The molecular weight excluding hydrogens is 122 g/mol. The van der Waals surface area contributed by atoms with Gasteiger partial charge in [0, 0.05) is 6.42 Å². The van der Waals surface area contributed by atoms with Crippen LogP contribution in [0.25, 0.3) is 0 Å². The van der Waals surface area contributed by atoms with Crippen LogP contribution in [0.1, 0.15) is 26.2 Å². The number of hydrogen-bond acceptors (Lipinski definition) is 0. The van der Waals surface area contributed by atoms with E-state index in [1.807, 2.05) is 0 Å². The Balaban J connectivity index is 1.90. The Morgan fingerprint density at radius 3 is 2.00 bits per heavy atom. The molecule has 2 aliphatic rings. The average Bonchev–Trinajstić information content (AvgIpc) is 1.86. The summed E-state index contributed by atoms with van der Waals surface area (Å²) in [5, 5.41) is 0. The summed E-state index contributed by atoms with van der Waals surface area (Å²) in [4.78, 5) is 0. The van der Waals surface area contributed by atoms with E-state index in [-0.39, 0.29) is 0 Å². The van der Waals surface area contributed by atoms with Crippen molar-refractivity contribution in [1.29, 1.82) is 0 Å². The van der Waals surface area contributed by atoms with Crippen LogP contribution in [-0.2, 0) is 0 Å². The molecule has 1 nitrogen and oxygen atoms in total. The third-order valence-corrected chi connectivity index (χ3v) is 3.46. The Hall–Kier alpha value is -0.0400. The lowest BCUT2D eigenvalue weighted by Gasteiger charge is -2.49. The maximum Gasteiger partial charge on any atom is 0.0841 e. The van der Waals surface area contributed by atoms with Crippen molar-refractivity contribution >= 4 is 0 Å². The molecule has 2 fully saturated rings. The van der Waals surface area contributed by atoms with Gasteiger partial charge < -0.3 is 4.48 Å². The molecule has 2 aliphatic heterocycles. The van der Waals surface area contributed by atoms with Crippen LogP contribution in [0.4, 0.5) is 0 Å². The zero-order valence-electron chi connectivity index (χ0n) is 6.97. The fourth-order valence-electron chi connectivity index (χ4n) is 2.30. The van der Waals surface area contributed by atoms with Crippen LogP contribution < -0.4 is 0 Å². The molecule has 0 aromatic rings. The molecule has 58 valence electrons. The standard InChI is InChI=1S/C9H18N/c1-9-3-7-10(8-4-9)5-2-6-10/h9H,2-8H2,1H3/q+1. The molecule has 0 N–H and O–H groups in total. The number of piperidine rings is 1. The third kappa shape index (κ3) is 0.968. The smallest absolute Gasteiger partial charge is 0.0841 e. The van der Waals surface area contributed by atoms with E-state index in [1.54, 1.807) is 0 Å². The van der Waals surface area contributed by atoms with Gasteiger partial charge in [0.25, 0.3) is 0 Å². The van der Waals surface area contributed by atoms with Gasteiger partial charge in [0.2, 0.25) is 0 Å². The van der Waals surface area contributed by atoms with Crippen LogP contribution in [0.3, 0.4) is 0 Å². The van der Waals surface area contributed by atoms with Crippen molar-refractivity contribution in [2.45, 2.75) is 26.2 Å². The van der Waals surface area contributed by atoms with Gasteiger partial charge in [0.05, 0.1) is 26.2 Å². The van der Waals surface area contributed by atoms with Gasteiger partial charge in [0.15, 0.2) is 0 Å². The van der Waals surface area contributed by atoms with E-state index >= 15 is 0 Å². The maximum absolute atomic E-state index is 2.40. The molecule has 2 saturated heterocycles. The fraction of sp³-hybridized carbons (Fsp3) is 1.00. The highest BCUT2D eigenvalue weighted by Gasteiger charge is 2.37. The van der Waals surface area contributed by atoms with Crippen LogP contribution in [0, 0.1) is 5.92 Å². The first-order valence-electron chi connectivity index (χ1n) is 4.66. The molecule has 0 aromatic heterocycles. The monoisotopic (exact) mass is 140 g/mol. The van der Waals surface area contributed by atoms with Gasteiger partial charge in [-0.25, -0.2) is 0 Å². The van der Waals surface area contributed by atoms with E-state index in [0.717, 1.165) is 5.92 Å². The molecule has 2 heterocycles. The molecular formula is C9H18N+. The minimum Gasteiger partial charge on any atom is -0.323 e. The van der Waals surface area contributed by atoms with E-state index in [2.05, 4.69) is 6.92 Å². The summed E-state index contributed by atoms with van der Waals surface area (Å²) in [6, 6.07) is 0. The average molecular weight is 140 g/mol. The van der Waals surface area contributed by atoms with E-state index in [4.69, 9.17) is 0 Å². The Morgan fingerprint density at radius 1 is 1.00 bits per heavy atom. The molecule has 0 saturated carbocycles. The van der Waals surface area contributed by atoms with Crippen LogP contribution in [0.2, 0.25) is 0 Å². The Bertz CT molecular complexity index is 117. The topological polar surface area (TPSA) is 0 Å². The SMILES string of the molecule is CC1CC[N+]2(CCC2)CC1. The largest absolute Gasteiger partial charge is 0.323 e. The summed E-state index contributed by atoms with van der Waals surface area (Å²) in [7, 11) is 0. The van der Waals surface area contributed by atoms with Crippen LogP contribution in [0.5, 0.6) is 0 Å². The van der Waals surface area contributed by atoms with Crippen molar-refractivity contribution in [2.24, 2.45) is 5.92 Å². The zero-order chi connectivity index (χ0) is 7.03. The van der Waals surface area contributed by atoms with E-state index in [9.17, 15) is 0 Å². The molecule has 2 rings (SSSR count). The fourth-order valence-corrected chi connectivity index (χ4v) is 2.30. The van der Waals surface area contributed by atoms with Crippen LogP contribution in [0.15, 0.2) is 0 Å². The molecule has 1 spiro atoms. The molecule has 0 aliphatic carbocycles. The summed E-state index contributed by atoms with van der Waals surface area (Å²) in [5.74, 6) is 1.02. The van der Waals surface area contributed by atoms with E-state index in [0.29, 0.717) is 0 Å². The maximum atomic E-state index is 2.40. The van der Waals surface area contributed by atoms with Crippen LogP contribution in [-0.4, -0.2) is 30.7 Å². The molecule has 0 radical (unpaired) electrons. The van der Waals surface area contributed by atoms with E-state index < -0.39 is 0 Å². The van der Waals surface area contributed by atoms with Crippen molar-refractivity contribution in [3.8, 4) is 0 Å². The molecule has 1 heteroatoms. The first kappa shape index (κ1) is 6.66. The Labute approximate surface area is 63.6 Å². The molecule has 10 heavy (non-hydrogen) atoms. The van der Waals surface area contributed by atoms with Gasteiger partial charge >= 0.3 is 0 Å². The zero-order valence-corrected chi connectivity index (χ0v) is 6.97. The molecule has 0 aromatic carbocycles. The lowest BCUT2D eigenvalue weighted by atomic mass is 9.93. The van der Waals surface area contributed by atoms with Gasteiger partial charge in [-0.2, -0.15) is 0 Å². The normalized spacial score (nSPS) is 32.1. The van der Waals surface area contributed by atoms with Crippen molar-refractivity contribution < 1.29 is 4.48 Å². The predicted molar refractivity (Wildman–Crippen MR) is 42.7 cm³/mol. The second-order valence-corrected chi connectivity index (χ2v) is 4.27. The molecule has 0 atom stereocenters. The number of rotatable bonds is 0. The van der Waals surface area contributed by atoms with Gasteiger partial charge in [-0.1, -0.05) is 6.92 Å². The van der Waals surface area contributed by atoms with Crippen molar-refractivity contribution in [3.05, 3.63) is 0 Å². The number of hydrogen-bond donors (Lipinski definition) is 0. The van der Waals surface area contributed by atoms with E-state index in [1.165, 1.54) is 49.9 Å². The lowest BCUT2D eigenvalue weighted by Crippen LogP contribution is -2.60. The second kappa shape index (κ2) is 2.23. The summed E-state index contributed by atoms with van der Waals surface area (Å²) in [5.41, 5.74) is 0. The van der Waals surface area contributed by atoms with Gasteiger partial charge in [-0.05, 0) is 18.8 Å². The summed E-state index contributed by atoms with van der Waals surface area (Å²) in [6.45, 7) is 8.36. The highest BCUT2D eigenvalue weighted by molar-refractivity contribution is 4.65. The van der Waals surface area contributed by atoms with Gasteiger partial charge in [-0.3, -0.25) is 0 Å². The van der Waals surface area contributed by atoms with Crippen LogP contribution >= 0.6 is 0 Å². The highest BCUT2D eigenvalue weighted by Crippen LogP contribution is 2.28. The number of nitrogens with zero attached hydrogens (tertiary/aromatic N) is 1. The first-order valence-corrected chi connectivity index (χ1v) is 4.66. The van der Waals surface area contributed by atoms with Crippen molar-refractivity contribution in [2.75, 3.05) is 26.2 Å². The lowest BCUT2D eigenvalue weighted by molar-refractivity contribution is -0.968. The minimum absolute atomic E-state index is 1.02. The Morgan fingerprint density at radius 2 is 1.60 bits per heavy atom. The minimum atomic E-state index is 1.02. The van der Waals surface area contributed by atoms with Gasteiger partial charge in [0.1, 0.15) is 0 Å². The second-order valence-electron chi connectivity index (χ2n) is 4.27.